The Labute approximate surface area is 185 Å². The summed E-state index contributed by atoms with van der Waals surface area (Å²) in [5, 5.41) is 11.5. The van der Waals surface area contributed by atoms with Gasteiger partial charge in [-0.3, -0.25) is 14.4 Å². The molecule has 0 amide bonds. The average molecular weight is 452 g/mol. The van der Waals surface area contributed by atoms with Gasteiger partial charge >= 0.3 is 23.9 Å². The van der Waals surface area contributed by atoms with E-state index in [2.05, 4.69) is 0 Å². The van der Waals surface area contributed by atoms with Crippen LogP contribution in [0.1, 0.15) is 60.3 Å². The smallest absolute Gasteiger partial charge is 0.343 e. The number of hydrogen-bond acceptors (Lipinski definition) is 10. The summed E-state index contributed by atoms with van der Waals surface area (Å²) in [6, 6.07) is 0. The maximum absolute atomic E-state index is 12.6. The minimum atomic E-state index is -1.82. The van der Waals surface area contributed by atoms with Gasteiger partial charge in [-0.25, -0.2) is 4.79 Å². The lowest BCUT2D eigenvalue weighted by Crippen LogP contribution is -2.57. The molecule has 3 heterocycles. The first-order valence-corrected chi connectivity index (χ1v) is 10.4. The number of fused-ring (bicyclic) bond motifs is 3. The molecule has 3 aliphatic rings. The number of esters is 4. The van der Waals surface area contributed by atoms with E-state index in [1.165, 1.54) is 20.8 Å². The fourth-order valence-corrected chi connectivity index (χ4v) is 4.27. The zero-order valence-electron chi connectivity index (χ0n) is 18.8. The summed E-state index contributed by atoms with van der Waals surface area (Å²) in [5.74, 6) is -4.21. The third-order valence-electron chi connectivity index (χ3n) is 5.84. The SMILES string of the molecule is CCC(=O)OC1CC(C)(O)C2(OC(C)=O)CCC(C)(C=C3OC(=O)C(COC(C)=O)=C31)O2. The fraction of sp³-hybridized carbons (Fsp3) is 0.636. The molecule has 3 aliphatic heterocycles. The zero-order chi connectivity index (χ0) is 23.9. The number of carbonyl (C=O) groups is 4. The minimum absolute atomic E-state index is 0.000868. The molecule has 0 spiro atoms. The van der Waals surface area contributed by atoms with Crippen LogP contribution in [-0.4, -0.2) is 58.7 Å². The van der Waals surface area contributed by atoms with Gasteiger partial charge in [-0.05, 0) is 26.3 Å². The number of rotatable bonds is 5. The van der Waals surface area contributed by atoms with Gasteiger partial charge in [0, 0.05) is 38.7 Å². The van der Waals surface area contributed by atoms with Crippen LogP contribution in [0.3, 0.4) is 0 Å². The highest BCUT2D eigenvalue weighted by molar-refractivity contribution is 5.95. The molecule has 4 atom stereocenters. The lowest BCUT2D eigenvalue weighted by molar-refractivity contribution is -0.305. The Kier molecular flexibility index (Phi) is 6.23. The van der Waals surface area contributed by atoms with Crippen molar-refractivity contribution in [1.82, 2.24) is 0 Å². The lowest BCUT2D eigenvalue weighted by Gasteiger charge is -2.42. The standard InChI is InChI=1S/C22H28O10/c1-6-17(25)29-16-10-21(5,27)22(31-13(3)24)8-7-20(4,32-22)9-15-18(16)14(19(26)30-15)11-28-12(2)23/h9,16,27H,6-8,10-11H2,1-5H3. The van der Waals surface area contributed by atoms with Crippen LogP contribution in [-0.2, 0) is 42.9 Å². The van der Waals surface area contributed by atoms with Gasteiger partial charge in [0.05, 0.1) is 11.2 Å². The zero-order valence-corrected chi connectivity index (χ0v) is 18.8. The van der Waals surface area contributed by atoms with Gasteiger partial charge in [0.1, 0.15) is 24.1 Å². The Morgan fingerprint density at radius 2 is 1.88 bits per heavy atom. The first-order valence-electron chi connectivity index (χ1n) is 10.4. The van der Waals surface area contributed by atoms with Crippen LogP contribution in [0.4, 0.5) is 0 Å². The van der Waals surface area contributed by atoms with Crippen molar-refractivity contribution in [1.29, 1.82) is 0 Å². The summed E-state index contributed by atoms with van der Waals surface area (Å²) < 4.78 is 27.7. The van der Waals surface area contributed by atoms with Crippen molar-refractivity contribution in [3.8, 4) is 0 Å². The molecule has 0 aromatic rings. The molecule has 176 valence electrons. The van der Waals surface area contributed by atoms with Crippen LogP contribution >= 0.6 is 0 Å². The normalized spacial score (nSPS) is 33.9. The Morgan fingerprint density at radius 1 is 1.19 bits per heavy atom. The fourth-order valence-electron chi connectivity index (χ4n) is 4.27. The van der Waals surface area contributed by atoms with Crippen molar-refractivity contribution in [3.05, 3.63) is 23.0 Å². The van der Waals surface area contributed by atoms with Crippen LogP contribution in [0.25, 0.3) is 0 Å². The van der Waals surface area contributed by atoms with Crippen LogP contribution in [0, 0.1) is 0 Å². The minimum Gasteiger partial charge on any atom is -0.461 e. The van der Waals surface area contributed by atoms with E-state index in [1.807, 2.05) is 0 Å². The summed E-state index contributed by atoms with van der Waals surface area (Å²) in [7, 11) is 0. The highest BCUT2D eigenvalue weighted by Gasteiger charge is 2.62. The third-order valence-corrected chi connectivity index (χ3v) is 5.84. The van der Waals surface area contributed by atoms with Gasteiger partial charge in [0.25, 0.3) is 0 Å². The number of aliphatic hydroxyl groups is 1. The summed E-state index contributed by atoms with van der Waals surface area (Å²) in [6.45, 7) is 6.74. The lowest BCUT2D eigenvalue weighted by atomic mass is 9.82. The quantitative estimate of drug-likeness (QED) is 0.484. The second kappa shape index (κ2) is 8.32. The summed E-state index contributed by atoms with van der Waals surface area (Å²) >= 11 is 0. The number of ether oxygens (including phenoxy) is 5. The highest BCUT2D eigenvalue weighted by atomic mass is 16.7. The van der Waals surface area contributed by atoms with Crippen LogP contribution in [0.15, 0.2) is 23.0 Å². The molecule has 32 heavy (non-hydrogen) atoms. The molecule has 2 bridgehead atoms. The van der Waals surface area contributed by atoms with E-state index in [0.717, 1.165) is 0 Å². The molecule has 3 rings (SSSR count). The van der Waals surface area contributed by atoms with Crippen LogP contribution < -0.4 is 0 Å². The number of hydrogen-bond donors (Lipinski definition) is 1. The monoisotopic (exact) mass is 452 g/mol. The van der Waals surface area contributed by atoms with E-state index in [1.54, 1.807) is 19.9 Å². The topological polar surface area (TPSA) is 135 Å². The van der Waals surface area contributed by atoms with E-state index in [9.17, 15) is 24.3 Å². The summed E-state index contributed by atoms with van der Waals surface area (Å²) in [6.07, 6.45) is 0.683. The second-order valence-electron chi connectivity index (χ2n) is 8.64. The van der Waals surface area contributed by atoms with Gasteiger partial charge < -0.3 is 28.8 Å². The van der Waals surface area contributed by atoms with Crippen LogP contribution in [0.2, 0.25) is 0 Å². The first kappa shape index (κ1) is 23.9. The van der Waals surface area contributed by atoms with Gasteiger partial charge in [0.15, 0.2) is 0 Å². The molecule has 1 N–H and O–H groups in total. The Bertz CT molecular complexity index is 914. The third kappa shape index (κ3) is 4.42. The average Bonchev–Trinajstić information content (AvgIpc) is 3.16. The molecule has 4 unspecified atom stereocenters. The largest absolute Gasteiger partial charge is 0.461 e. The van der Waals surface area contributed by atoms with Crippen LogP contribution in [0.5, 0.6) is 0 Å². The molecule has 0 aromatic carbocycles. The van der Waals surface area contributed by atoms with Crippen molar-refractivity contribution < 1.29 is 48.0 Å². The highest BCUT2D eigenvalue weighted by Crippen LogP contribution is 2.51. The second-order valence-corrected chi connectivity index (χ2v) is 8.64. The van der Waals surface area contributed by atoms with Crippen molar-refractivity contribution in [2.45, 2.75) is 83.4 Å². The molecular weight excluding hydrogens is 424 g/mol. The Balaban J connectivity index is 2.19. The van der Waals surface area contributed by atoms with Gasteiger partial charge in [-0.2, -0.15) is 0 Å². The Hall–Kier alpha value is -2.72. The van der Waals surface area contributed by atoms with Crippen molar-refractivity contribution in [2.24, 2.45) is 0 Å². The van der Waals surface area contributed by atoms with Crippen molar-refractivity contribution in [2.75, 3.05) is 6.61 Å². The molecule has 10 nitrogen and oxygen atoms in total. The van der Waals surface area contributed by atoms with Crippen molar-refractivity contribution in [3.63, 3.8) is 0 Å². The first-order chi connectivity index (χ1) is 14.8. The molecule has 0 radical (unpaired) electrons. The maximum atomic E-state index is 12.6. The molecule has 1 fully saturated rings. The Morgan fingerprint density at radius 3 is 2.47 bits per heavy atom. The van der Waals surface area contributed by atoms with Gasteiger partial charge in [-0.15, -0.1) is 0 Å². The number of carbonyl (C=O) groups excluding carboxylic acids is 4. The predicted octanol–water partition coefficient (Wildman–Crippen LogP) is 1.59. The maximum Gasteiger partial charge on any atom is 0.343 e. The summed E-state index contributed by atoms with van der Waals surface area (Å²) in [4.78, 5) is 48.1. The van der Waals surface area contributed by atoms with E-state index in [0.29, 0.717) is 6.42 Å². The van der Waals surface area contributed by atoms with Gasteiger partial charge in [-0.1, -0.05) is 6.92 Å². The molecule has 0 aromatic heterocycles. The molecule has 10 heteroatoms. The van der Waals surface area contributed by atoms with E-state index < -0.39 is 53.6 Å². The van der Waals surface area contributed by atoms with Gasteiger partial charge in [0.2, 0.25) is 5.79 Å². The van der Waals surface area contributed by atoms with E-state index >= 15 is 0 Å². The molecule has 0 aliphatic carbocycles. The predicted molar refractivity (Wildman–Crippen MR) is 106 cm³/mol. The molecule has 0 saturated carbocycles. The molecular formula is C22H28O10. The van der Waals surface area contributed by atoms with E-state index in [4.69, 9.17) is 23.7 Å². The molecule has 1 saturated heterocycles. The van der Waals surface area contributed by atoms with E-state index in [-0.39, 0.29) is 36.2 Å². The van der Waals surface area contributed by atoms with Crippen molar-refractivity contribution >= 4 is 23.9 Å². The summed E-state index contributed by atoms with van der Waals surface area (Å²) in [5.41, 5.74) is -2.70.